The van der Waals surface area contributed by atoms with Gasteiger partial charge in [0.1, 0.15) is 10.7 Å². The molecule has 0 saturated carbocycles. The van der Waals surface area contributed by atoms with Crippen LogP contribution in [-0.2, 0) is 10.7 Å². The quantitative estimate of drug-likeness (QED) is 0.497. The van der Waals surface area contributed by atoms with Crippen molar-refractivity contribution in [1.29, 1.82) is 0 Å². The summed E-state index contributed by atoms with van der Waals surface area (Å²) in [4.78, 5) is 0. The fraction of sp³-hybridized carbons (Fsp3) is 0.667. The fourth-order valence-electron chi connectivity index (χ4n) is 0.149. The van der Waals surface area contributed by atoms with E-state index >= 15 is 0 Å². The van der Waals surface area contributed by atoms with Gasteiger partial charge in [0.2, 0.25) is 0 Å². The number of thiol groups is 1. The highest BCUT2D eigenvalue weighted by Gasteiger charge is 1.76. The van der Waals surface area contributed by atoms with E-state index in [0.29, 0.717) is 0 Å². The van der Waals surface area contributed by atoms with Crippen LogP contribution in [0.4, 0.5) is 0 Å². The third-order valence-corrected chi connectivity index (χ3v) is 0.995. The van der Waals surface area contributed by atoms with Gasteiger partial charge in [-0.1, -0.05) is 6.92 Å². The normalized spacial score (nSPS) is 9.67. The van der Waals surface area contributed by atoms with E-state index in [1.54, 1.807) is 13.3 Å². The van der Waals surface area contributed by atoms with Gasteiger partial charge in [-0.05, 0) is 6.42 Å². The second-order valence-corrected chi connectivity index (χ2v) is 1.95. The zero-order valence-electron chi connectivity index (χ0n) is 3.55. The predicted molar refractivity (Wildman–Crippen MR) is 25.2 cm³/mol. The lowest BCUT2D eigenvalue weighted by Gasteiger charge is -1.72. The minimum atomic E-state index is -2.16. The van der Waals surface area contributed by atoms with Gasteiger partial charge >= 0.3 is 0 Å². The lowest BCUT2D eigenvalue weighted by Crippen LogP contribution is -1.81. The molecule has 0 aliphatic heterocycles. The van der Waals surface area contributed by atoms with Crippen molar-refractivity contribution in [2.45, 2.75) is 6.92 Å². The molecule has 0 aliphatic carbocycles. The van der Waals surface area contributed by atoms with E-state index in [1.165, 1.54) is 0 Å². The van der Waals surface area contributed by atoms with Crippen LogP contribution in [0.3, 0.4) is 0 Å². The summed E-state index contributed by atoms with van der Waals surface area (Å²) in [5, 5.41) is 0. The van der Waals surface area contributed by atoms with Crippen molar-refractivity contribution in [3.05, 3.63) is 6.42 Å². The molecular formula is C3H7O2S. The maximum atomic E-state index is 9.61. The van der Waals surface area contributed by atoms with Crippen LogP contribution in [0.5, 0.6) is 0 Å². The van der Waals surface area contributed by atoms with E-state index in [4.69, 9.17) is 0 Å². The molecule has 0 fully saturated rings. The summed E-state index contributed by atoms with van der Waals surface area (Å²) in [5.74, 6) is 0.204. The molecule has 0 rings (SSSR count). The van der Waals surface area contributed by atoms with Crippen molar-refractivity contribution < 1.29 is 8.42 Å². The average molecular weight is 107 g/mol. The molecular weight excluding hydrogens is 100 g/mol. The summed E-state index contributed by atoms with van der Waals surface area (Å²) in [6.45, 7) is 1.71. The first kappa shape index (κ1) is 5.95. The zero-order valence-corrected chi connectivity index (χ0v) is 4.44. The molecule has 3 heteroatoms. The van der Waals surface area contributed by atoms with Gasteiger partial charge in [0, 0.05) is 0 Å². The first-order chi connectivity index (χ1) is 2.77. The molecule has 0 aromatic carbocycles. The molecule has 0 saturated heterocycles. The molecule has 1 radical (unpaired) electrons. The molecule has 37 valence electrons. The topological polar surface area (TPSA) is 34.1 Å². The van der Waals surface area contributed by atoms with Gasteiger partial charge in [-0.25, -0.2) is 8.42 Å². The minimum absolute atomic E-state index is 0.204. The van der Waals surface area contributed by atoms with E-state index in [9.17, 15) is 8.42 Å². The minimum Gasteiger partial charge on any atom is -0.232 e. The van der Waals surface area contributed by atoms with Crippen LogP contribution >= 0.6 is 0 Å². The Morgan fingerprint density at radius 3 is 2.17 bits per heavy atom. The summed E-state index contributed by atoms with van der Waals surface area (Å²) in [7, 11) is -2.16. The van der Waals surface area contributed by atoms with E-state index in [1.807, 2.05) is 0 Å². The molecule has 0 spiro atoms. The van der Waals surface area contributed by atoms with E-state index in [-0.39, 0.29) is 5.75 Å². The molecule has 0 aromatic heterocycles. The molecule has 0 unspecified atom stereocenters. The van der Waals surface area contributed by atoms with Crippen LogP contribution in [0.15, 0.2) is 0 Å². The van der Waals surface area contributed by atoms with Crippen molar-refractivity contribution in [1.82, 2.24) is 0 Å². The Hall–Kier alpha value is -0.0500. The highest BCUT2D eigenvalue weighted by molar-refractivity contribution is 7.72. The van der Waals surface area contributed by atoms with E-state index < -0.39 is 10.7 Å². The highest BCUT2D eigenvalue weighted by atomic mass is 32.2. The SMILES string of the molecule is C[CH]C[SH](=O)=O. The van der Waals surface area contributed by atoms with Gasteiger partial charge in [0.15, 0.2) is 0 Å². The maximum Gasteiger partial charge on any atom is 0.140 e. The summed E-state index contributed by atoms with van der Waals surface area (Å²) in [6, 6.07) is 0. The predicted octanol–water partition coefficient (Wildman–Crippen LogP) is -0.178. The maximum absolute atomic E-state index is 9.61. The highest BCUT2D eigenvalue weighted by Crippen LogP contribution is 1.69. The molecule has 0 aliphatic rings. The Morgan fingerprint density at radius 2 is 2.17 bits per heavy atom. The van der Waals surface area contributed by atoms with E-state index in [0.717, 1.165) is 0 Å². The van der Waals surface area contributed by atoms with Gasteiger partial charge in [0.05, 0.1) is 5.75 Å². The molecule has 2 nitrogen and oxygen atoms in total. The number of hydrogen-bond donors (Lipinski definition) is 1. The lowest BCUT2D eigenvalue weighted by atomic mass is 10.6. The van der Waals surface area contributed by atoms with Crippen molar-refractivity contribution in [3.63, 3.8) is 0 Å². The van der Waals surface area contributed by atoms with Crippen molar-refractivity contribution in [2.24, 2.45) is 0 Å². The largest absolute Gasteiger partial charge is 0.232 e. The molecule has 0 bridgehead atoms. The monoisotopic (exact) mass is 107 g/mol. The standard InChI is InChI=1S/C3H7O2S/c1-2-3-6(4)5/h2,6H,3H2,1H3. The molecule has 0 heterocycles. The Bertz CT molecular complexity index is 76.8. The Morgan fingerprint density at radius 1 is 1.67 bits per heavy atom. The first-order valence-corrected chi connectivity index (χ1v) is 3.03. The van der Waals surface area contributed by atoms with Crippen molar-refractivity contribution >= 4 is 10.7 Å². The third-order valence-electron chi connectivity index (χ3n) is 0.332. The summed E-state index contributed by atoms with van der Waals surface area (Å²) >= 11 is 0. The van der Waals surface area contributed by atoms with Crippen LogP contribution in [0.25, 0.3) is 0 Å². The third kappa shape index (κ3) is 3.95. The van der Waals surface area contributed by atoms with Crippen LogP contribution < -0.4 is 0 Å². The number of hydrogen-bond acceptors (Lipinski definition) is 2. The van der Waals surface area contributed by atoms with Gasteiger partial charge in [-0.15, -0.1) is 0 Å². The fourth-order valence-corrected chi connectivity index (χ4v) is 0.447. The van der Waals surface area contributed by atoms with Gasteiger partial charge in [-0.3, -0.25) is 0 Å². The lowest BCUT2D eigenvalue weighted by molar-refractivity contribution is 0.616. The second-order valence-electron chi connectivity index (χ2n) is 0.924. The van der Waals surface area contributed by atoms with Crippen molar-refractivity contribution in [3.8, 4) is 0 Å². The Balaban J connectivity index is 3.07. The molecule has 0 amide bonds. The molecule has 0 N–H and O–H groups in total. The molecule has 0 atom stereocenters. The van der Waals surface area contributed by atoms with Crippen molar-refractivity contribution in [2.75, 3.05) is 5.75 Å². The first-order valence-electron chi connectivity index (χ1n) is 1.67. The zero-order chi connectivity index (χ0) is 4.99. The Kier molecular flexibility index (Phi) is 3.13. The van der Waals surface area contributed by atoms with Crippen LogP contribution in [0.1, 0.15) is 6.92 Å². The average Bonchev–Trinajstić information content (AvgIpc) is 1.35. The summed E-state index contributed by atoms with van der Waals surface area (Å²) < 4.78 is 19.2. The summed E-state index contributed by atoms with van der Waals surface area (Å²) in [6.07, 6.45) is 1.60. The van der Waals surface area contributed by atoms with Gasteiger partial charge < -0.3 is 0 Å². The van der Waals surface area contributed by atoms with Crippen LogP contribution in [0, 0.1) is 6.42 Å². The number of rotatable bonds is 2. The van der Waals surface area contributed by atoms with Crippen LogP contribution in [-0.4, -0.2) is 14.2 Å². The van der Waals surface area contributed by atoms with Gasteiger partial charge in [0.25, 0.3) is 0 Å². The smallest absolute Gasteiger partial charge is 0.140 e. The summed E-state index contributed by atoms with van der Waals surface area (Å²) in [5.41, 5.74) is 0. The Labute approximate surface area is 39.1 Å². The second kappa shape index (κ2) is 3.15. The van der Waals surface area contributed by atoms with Gasteiger partial charge in [-0.2, -0.15) is 0 Å². The van der Waals surface area contributed by atoms with E-state index in [2.05, 4.69) is 0 Å². The molecule has 6 heavy (non-hydrogen) atoms. The molecule has 0 aromatic rings. The van der Waals surface area contributed by atoms with Crippen LogP contribution in [0.2, 0.25) is 0 Å².